The second kappa shape index (κ2) is 13.3. The van der Waals surface area contributed by atoms with Gasteiger partial charge in [-0.15, -0.1) is 0 Å². The van der Waals surface area contributed by atoms with Crippen molar-refractivity contribution in [1.82, 2.24) is 0 Å². The molecule has 0 spiro atoms. The highest BCUT2D eigenvalue weighted by Gasteiger charge is 2.46. The van der Waals surface area contributed by atoms with Crippen LogP contribution in [0.2, 0.25) is 0 Å². The van der Waals surface area contributed by atoms with Gasteiger partial charge < -0.3 is 34.1 Å². The van der Waals surface area contributed by atoms with Gasteiger partial charge in [0.2, 0.25) is 6.29 Å². The molecule has 1 aromatic rings. The highest BCUT2D eigenvalue weighted by Crippen LogP contribution is 2.30. The van der Waals surface area contributed by atoms with E-state index in [1.807, 2.05) is 0 Å². The van der Waals surface area contributed by atoms with Crippen molar-refractivity contribution in [3.63, 3.8) is 0 Å². The van der Waals surface area contributed by atoms with Crippen molar-refractivity contribution >= 4 is 10.4 Å². The van der Waals surface area contributed by atoms with Gasteiger partial charge in [-0.25, -0.2) is 4.18 Å². The van der Waals surface area contributed by atoms with E-state index in [0.29, 0.717) is 6.61 Å². The summed E-state index contributed by atoms with van der Waals surface area (Å²) >= 11 is 0. The number of hydrogen-bond donors (Lipinski definition) is 4. The van der Waals surface area contributed by atoms with Gasteiger partial charge in [-0.3, -0.25) is 0 Å². The fraction of sp³-hybridized carbons (Fsp3) is 0.714. The number of benzene rings is 1. The summed E-state index contributed by atoms with van der Waals surface area (Å²) in [6.45, 7) is 1.84. The van der Waals surface area contributed by atoms with Crippen molar-refractivity contribution in [2.45, 2.75) is 82.6 Å². The first kappa shape index (κ1) is 26.8. The standard InChI is InChI=1S/C21H34O10S/c1-2-3-4-5-6-7-10-13-28-15-11-8-9-12-16(15)30-32(26,27)31-21-20(25)19(24)18(23)17(14-22)29-21/h8-9,11-12,17-25H,2-7,10,13-14H2,1H3/t17-,18-,19+,20+,21+/m1/s1. The van der Waals surface area contributed by atoms with Crippen LogP contribution >= 0.6 is 0 Å². The average Bonchev–Trinajstić information content (AvgIpc) is 2.76. The third-order valence-corrected chi connectivity index (χ3v) is 5.92. The molecular weight excluding hydrogens is 444 g/mol. The molecule has 0 amide bonds. The Hall–Kier alpha value is -1.47. The van der Waals surface area contributed by atoms with Gasteiger partial charge in [0.1, 0.15) is 24.4 Å². The lowest BCUT2D eigenvalue weighted by atomic mass is 10.00. The van der Waals surface area contributed by atoms with Crippen molar-refractivity contribution in [3.8, 4) is 11.5 Å². The summed E-state index contributed by atoms with van der Waals surface area (Å²) in [5.74, 6) is 0.0968. The Morgan fingerprint density at radius 3 is 2.19 bits per heavy atom. The predicted molar refractivity (Wildman–Crippen MR) is 114 cm³/mol. The first-order valence-electron chi connectivity index (χ1n) is 10.9. The van der Waals surface area contributed by atoms with Crippen LogP contribution in [0.15, 0.2) is 24.3 Å². The zero-order valence-corrected chi connectivity index (χ0v) is 19.0. The Morgan fingerprint density at radius 1 is 0.906 bits per heavy atom. The Morgan fingerprint density at radius 2 is 1.53 bits per heavy atom. The van der Waals surface area contributed by atoms with E-state index in [9.17, 15) is 28.8 Å². The zero-order valence-electron chi connectivity index (χ0n) is 18.2. The third kappa shape index (κ3) is 8.14. The molecule has 0 saturated carbocycles. The van der Waals surface area contributed by atoms with Crippen LogP contribution in [0.3, 0.4) is 0 Å². The normalized spacial score (nSPS) is 26.1. The fourth-order valence-corrected chi connectivity index (χ4v) is 4.06. The van der Waals surface area contributed by atoms with Crippen LogP contribution in [0.1, 0.15) is 51.9 Å². The Balaban J connectivity index is 1.90. The summed E-state index contributed by atoms with van der Waals surface area (Å²) in [5.41, 5.74) is 0. The second-order valence-corrected chi connectivity index (χ2v) is 8.88. The van der Waals surface area contributed by atoms with Crippen molar-refractivity contribution in [1.29, 1.82) is 0 Å². The van der Waals surface area contributed by atoms with E-state index in [4.69, 9.17) is 17.8 Å². The molecule has 10 nitrogen and oxygen atoms in total. The van der Waals surface area contributed by atoms with Crippen molar-refractivity contribution < 1.29 is 46.7 Å². The fourth-order valence-electron chi connectivity index (χ4n) is 3.27. The minimum Gasteiger partial charge on any atom is -0.490 e. The molecular formula is C21H34O10S. The number of aliphatic hydroxyl groups excluding tert-OH is 4. The predicted octanol–water partition coefficient (Wildman–Crippen LogP) is 1.26. The quantitative estimate of drug-likeness (QED) is 0.288. The van der Waals surface area contributed by atoms with Crippen molar-refractivity contribution in [2.75, 3.05) is 13.2 Å². The van der Waals surface area contributed by atoms with E-state index in [0.717, 1.165) is 19.3 Å². The van der Waals surface area contributed by atoms with Crippen LogP contribution in [0.25, 0.3) is 0 Å². The molecule has 2 rings (SSSR count). The summed E-state index contributed by atoms with van der Waals surface area (Å²) in [6, 6.07) is 6.16. The van der Waals surface area contributed by atoms with Crippen LogP contribution in [-0.4, -0.2) is 72.8 Å². The van der Waals surface area contributed by atoms with Crippen molar-refractivity contribution in [3.05, 3.63) is 24.3 Å². The number of rotatable bonds is 14. The van der Waals surface area contributed by atoms with Crippen LogP contribution in [0.5, 0.6) is 11.5 Å². The van der Waals surface area contributed by atoms with Gasteiger partial charge in [-0.1, -0.05) is 57.6 Å². The monoisotopic (exact) mass is 478 g/mol. The van der Waals surface area contributed by atoms with Gasteiger partial charge in [-0.05, 0) is 18.6 Å². The van der Waals surface area contributed by atoms with Gasteiger partial charge in [0.25, 0.3) is 0 Å². The number of aliphatic hydroxyl groups is 4. The molecule has 0 unspecified atom stereocenters. The minimum atomic E-state index is -4.75. The summed E-state index contributed by atoms with van der Waals surface area (Å²) in [7, 11) is -4.75. The van der Waals surface area contributed by atoms with E-state index in [2.05, 4.69) is 6.92 Å². The lowest BCUT2D eigenvalue weighted by Crippen LogP contribution is -2.59. The Kier molecular flexibility index (Phi) is 11.1. The number of para-hydroxylation sites is 2. The molecule has 184 valence electrons. The van der Waals surface area contributed by atoms with Crippen LogP contribution < -0.4 is 8.92 Å². The molecule has 0 aliphatic carbocycles. The summed E-state index contributed by atoms with van der Waals surface area (Å²) in [4.78, 5) is 0. The van der Waals surface area contributed by atoms with Gasteiger partial charge in [0.05, 0.1) is 13.2 Å². The molecule has 0 bridgehead atoms. The van der Waals surface area contributed by atoms with Gasteiger partial charge >= 0.3 is 10.4 Å². The highest BCUT2D eigenvalue weighted by molar-refractivity contribution is 7.82. The molecule has 1 fully saturated rings. The summed E-state index contributed by atoms with van der Waals surface area (Å²) in [6.07, 6.45) is -0.719. The Bertz CT molecular complexity index is 770. The van der Waals surface area contributed by atoms with Crippen LogP contribution in [0.4, 0.5) is 0 Å². The molecule has 5 atom stereocenters. The lowest BCUT2D eigenvalue weighted by molar-refractivity contribution is -0.277. The molecule has 32 heavy (non-hydrogen) atoms. The van der Waals surface area contributed by atoms with E-state index < -0.39 is 47.7 Å². The minimum absolute atomic E-state index is 0.111. The van der Waals surface area contributed by atoms with E-state index in [1.165, 1.54) is 31.7 Å². The lowest BCUT2D eigenvalue weighted by Gasteiger charge is -2.38. The molecule has 1 aromatic carbocycles. The molecule has 1 saturated heterocycles. The molecule has 0 aromatic heterocycles. The van der Waals surface area contributed by atoms with E-state index in [1.54, 1.807) is 18.2 Å². The van der Waals surface area contributed by atoms with Crippen LogP contribution in [0, 0.1) is 0 Å². The zero-order chi connectivity index (χ0) is 23.6. The maximum Gasteiger partial charge on any atom is 0.451 e. The second-order valence-electron chi connectivity index (χ2n) is 7.70. The topological polar surface area (TPSA) is 152 Å². The average molecular weight is 479 g/mol. The van der Waals surface area contributed by atoms with E-state index >= 15 is 0 Å². The number of ether oxygens (including phenoxy) is 2. The Labute approximate surface area is 189 Å². The van der Waals surface area contributed by atoms with E-state index in [-0.39, 0.29) is 11.5 Å². The maximum atomic E-state index is 12.4. The molecule has 1 heterocycles. The maximum absolute atomic E-state index is 12.4. The molecule has 4 N–H and O–H groups in total. The molecule has 0 radical (unpaired) electrons. The summed E-state index contributed by atoms with van der Waals surface area (Å²) < 4.78 is 45.1. The largest absolute Gasteiger partial charge is 0.490 e. The first-order chi connectivity index (χ1) is 15.3. The number of unbranched alkanes of at least 4 members (excludes halogenated alkanes) is 6. The summed E-state index contributed by atoms with van der Waals surface area (Å²) in [5, 5.41) is 38.7. The van der Waals surface area contributed by atoms with Gasteiger partial charge in [0.15, 0.2) is 11.5 Å². The van der Waals surface area contributed by atoms with Gasteiger partial charge in [0, 0.05) is 0 Å². The third-order valence-electron chi connectivity index (χ3n) is 5.11. The first-order valence-corrected chi connectivity index (χ1v) is 12.3. The SMILES string of the molecule is CCCCCCCCCOc1ccccc1OS(=O)(=O)O[C@@H]1O[C@H](CO)[C@@H](O)[C@H](O)[C@@H]1O. The molecule has 11 heteroatoms. The number of hydrogen-bond acceptors (Lipinski definition) is 10. The molecule has 1 aliphatic heterocycles. The smallest absolute Gasteiger partial charge is 0.451 e. The van der Waals surface area contributed by atoms with Gasteiger partial charge in [-0.2, -0.15) is 8.42 Å². The molecule has 1 aliphatic rings. The van der Waals surface area contributed by atoms with Crippen molar-refractivity contribution in [2.24, 2.45) is 0 Å². The van der Waals surface area contributed by atoms with Crippen LogP contribution in [-0.2, 0) is 19.3 Å². The highest BCUT2D eigenvalue weighted by atomic mass is 32.3.